The second-order valence-corrected chi connectivity index (χ2v) is 10.4. The van der Waals surface area contributed by atoms with Crippen molar-refractivity contribution in [1.29, 1.82) is 0 Å². The molecule has 1 saturated heterocycles. The van der Waals surface area contributed by atoms with Crippen LogP contribution in [-0.4, -0.2) is 47.0 Å². The molecule has 2 aromatic heterocycles. The first kappa shape index (κ1) is 20.8. The minimum Gasteiger partial charge on any atom is -0.337 e. The van der Waals surface area contributed by atoms with E-state index in [9.17, 15) is 9.59 Å². The van der Waals surface area contributed by atoms with Crippen molar-refractivity contribution in [3.05, 3.63) is 27.0 Å². The molecule has 0 aromatic carbocycles. The molecule has 0 atom stereocenters. The first-order valence-corrected chi connectivity index (χ1v) is 12.7. The van der Waals surface area contributed by atoms with Gasteiger partial charge in [0.25, 0.3) is 5.91 Å². The van der Waals surface area contributed by atoms with Crippen LogP contribution in [0.3, 0.4) is 0 Å². The monoisotopic (exact) mass is 496 g/mol. The largest absolute Gasteiger partial charge is 0.337 e. The fraction of sp³-hybridized carbons (Fsp3) is 0.550. The third-order valence-electron chi connectivity index (χ3n) is 5.56. The number of carbonyl (C=O) groups excluding carboxylic acids is 2. The van der Waals surface area contributed by atoms with E-state index in [1.54, 1.807) is 11.3 Å². The molecule has 29 heavy (non-hydrogen) atoms. The molecule has 0 spiro atoms. The molecule has 1 saturated carbocycles. The van der Waals surface area contributed by atoms with Crippen LogP contribution >= 0.6 is 38.6 Å². The molecule has 2 N–H and O–H groups in total. The third-order valence-corrected chi connectivity index (χ3v) is 8.26. The molecule has 6 nitrogen and oxygen atoms in total. The third kappa shape index (κ3) is 5.38. The summed E-state index contributed by atoms with van der Waals surface area (Å²) in [6.07, 6.45) is 7.40. The molecule has 3 heterocycles. The normalized spacial score (nSPS) is 18.6. The topological polar surface area (TPSA) is 74.3 Å². The van der Waals surface area contributed by atoms with Gasteiger partial charge in [-0.3, -0.25) is 4.79 Å². The average Bonchev–Trinajstić information content (AvgIpc) is 3.38. The number of thiazole rings is 1. The van der Waals surface area contributed by atoms with E-state index in [2.05, 4.69) is 31.5 Å². The lowest BCUT2D eigenvalue weighted by Crippen LogP contribution is -2.51. The highest BCUT2D eigenvalue weighted by molar-refractivity contribution is 9.10. The van der Waals surface area contributed by atoms with Gasteiger partial charge in [-0.25, -0.2) is 9.78 Å². The highest BCUT2D eigenvalue weighted by Crippen LogP contribution is 2.32. The van der Waals surface area contributed by atoms with Crippen LogP contribution in [0.4, 0.5) is 4.79 Å². The van der Waals surface area contributed by atoms with Crippen molar-refractivity contribution in [3.63, 3.8) is 0 Å². The number of nitrogens with one attached hydrogen (secondary N) is 2. The van der Waals surface area contributed by atoms with Gasteiger partial charge >= 0.3 is 6.03 Å². The Morgan fingerprint density at radius 1 is 1.00 bits per heavy atom. The predicted octanol–water partition coefficient (Wildman–Crippen LogP) is 4.87. The molecule has 2 fully saturated rings. The van der Waals surface area contributed by atoms with E-state index >= 15 is 0 Å². The zero-order chi connectivity index (χ0) is 20.2. The van der Waals surface area contributed by atoms with E-state index in [0.717, 1.165) is 40.0 Å². The van der Waals surface area contributed by atoms with Crippen molar-refractivity contribution >= 4 is 50.5 Å². The minimum absolute atomic E-state index is 0.0202. The number of hydrogen-bond donors (Lipinski definition) is 2. The fourth-order valence-electron chi connectivity index (χ4n) is 3.96. The second-order valence-electron chi connectivity index (χ2n) is 7.69. The van der Waals surface area contributed by atoms with Crippen LogP contribution < -0.4 is 10.6 Å². The quantitative estimate of drug-likeness (QED) is 0.633. The fourth-order valence-corrected chi connectivity index (χ4v) is 6.26. The van der Waals surface area contributed by atoms with Gasteiger partial charge in [0.05, 0.1) is 4.88 Å². The van der Waals surface area contributed by atoms with Crippen LogP contribution in [0, 0.1) is 0 Å². The number of likely N-dealkylation sites (tertiary alicyclic amines) is 1. The Kier molecular flexibility index (Phi) is 6.87. The van der Waals surface area contributed by atoms with Crippen molar-refractivity contribution in [2.75, 3.05) is 13.1 Å². The molecule has 2 aliphatic rings. The molecule has 9 heteroatoms. The van der Waals surface area contributed by atoms with E-state index in [0.29, 0.717) is 24.8 Å². The molecule has 156 valence electrons. The smallest absolute Gasteiger partial charge is 0.315 e. The minimum atomic E-state index is -0.0621. The predicted molar refractivity (Wildman–Crippen MR) is 121 cm³/mol. The van der Waals surface area contributed by atoms with Gasteiger partial charge in [0, 0.05) is 40.4 Å². The van der Waals surface area contributed by atoms with E-state index < -0.39 is 0 Å². The van der Waals surface area contributed by atoms with Crippen molar-refractivity contribution in [1.82, 2.24) is 20.5 Å². The molecule has 3 amide bonds. The van der Waals surface area contributed by atoms with Gasteiger partial charge in [-0.1, -0.05) is 19.3 Å². The molecule has 0 bridgehead atoms. The molecule has 4 rings (SSSR count). The highest BCUT2D eigenvalue weighted by atomic mass is 79.9. The molecule has 0 radical (unpaired) electrons. The van der Waals surface area contributed by atoms with E-state index in [4.69, 9.17) is 0 Å². The molecular formula is C20H25BrN4O2S2. The number of halogens is 1. The second kappa shape index (κ2) is 9.57. The molecule has 2 aromatic rings. The first-order chi connectivity index (χ1) is 14.1. The summed E-state index contributed by atoms with van der Waals surface area (Å²) in [6, 6.07) is 2.39. The first-order valence-electron chi connectivity index (χ1n) is 10.1. The SMILES string of the molecule is O=C(NC1CCCCC1)NC1CCN(C(=O)c2csc(-c3cc(Br)cs3)n2)CC1. The van der Waals surface area contributed by atoms with E-state index in [-0.39, 0.29) is 18.0 Å². The number of nitrogens with zero attached hydrogens (tertiary/aromatic N) is 2. The van der Waals surface area contributed by atoms with E-state index in [1.165, 1.54) is 30.6 Å². The van der Waals surface area contributed by atoms with Gasteiger partial charge in [0.15, 0.2) is 0 Å². The maximum Gasteiger partial charge on any atom is 0.315 e. The highest BCUT2D eigenvalue weighted by Gasteiger charge is 2.26. The standard InChI is InChI=1S/C20H25BrN4O2S2/c21-13-10-17(28-11-13)18-24-16(12-29-18)19(26)25-8-6-15(7-9-25)23-20(27)22-14-4-2-1-3-5-14/h10-12,14-15H,1-9H2,(H2,22,23,27). The van der Waals surface area contributed by atoms with Gasteiger partial charge in [0.1, 0.15) is 10.7 Å². The number of carbonyl (C=O) groups is 2. The number of hydrogen-bond acceptors (Lipinski definition) is 5. The van der Waals surface area contributed by atoms with Gasteiger partial charge in [-0.2, -0.15) is 0 Å². The van der Waals surface area contributed by atoms with Gasteiger partial charge in [0.2, 0.25) is 0 Å². The van der Waals surface area contributed by atoms with Crippen LogP contribution in [0.2, 0.25) is 0 Å². The summed E-state index contributed by atoms with van der Waals surface area (Å²) in [5.74, 6) is -0.0202. The Morgan fingerprint density at radius 2 is 1.69 bits per heavy atom. The van der Waals surface area contributed by atoms with Crippen LogP contribution in [0.15, 0.2) is 21.3 Å². The van der Waals surface area contributed by atoms with Crippen LogP contribution in [0.25, 0.3) is 9.88 Å². The zero-order valence-corrected chi connectivity index (χ0v) is 19.4. The number of piperidine rings is 1. The summed E-state index contributed by atoms with van der Waals surface area (Å²) in [6.45, 7) is 1.29. The molecular weight excluding hydrogens is 472 g/mol. The molecule has 1 aliphatic carbocycles. The van der Waals surface area contributed by atoms with Gasteiger partial charge in [-0.15, -0.1) is 22.7 Å². The number of aromatic nitrogens is 1. The van der Waals surface area contributed by atoms with Gasteiger partial charge in [-0.05, 0) is 47.7 Å². The molecule has 0 unspecified atom stereocenters. The number of rotatable bonds is 4. The molecule has 1 aliphatic heterocycles. The Balaban J connectivity index is 1.25. The Labute approximate surface area is 187 Å². The maximum absolute atomic E-state index is 12.8. The number of urea groups is 1. The Hall–Kier alpha value is -1.45. The average molecular weight is 497 g/mol. The number of thiophene rings is 1. The summed E-state index contributed by atoms with van der Waals surface area (Å²) in [4.78, 5) is 32.5. The van der Waals surface area contributed by atoms with Crippen molar-refractivity contribution < 1.29 is 9.59 Å². The van der Waals surface area contributed by atoms with Crippen LogP contribution in [-0.2, 0) is 0 Å². The lowest BCUT2D eigenvalue weighted by Gasteiger charge is -2.32. The summed E-state index contributed by atoms with van der Waals surface area (Å²) in [7, 11) is 0. The van der Waals surface area contributed by atoms with Crippen molar-refractivity contribution in [2.24, 2.45) is 0 Å². The maximum atomic E-state index is 12.8. The van der Waals surface area contributed by atoms with Gasteiger partial charge < -0.3 is 15.5 Å². The number of amides is 3. The van der Waals surface area contributed by atoms with Crippen LogP contribution in [0.5, 0.6) is 0 Å². The summed E-state index contributed by atoms with van der Waals surface area (Å²) in [5.41, 5.74) is 0.510. The summed E-state index contributed by atoms with van der Waals surface area (Å²) >= 11 is 6.57. The summed E-state index contributed by atoms with van der Waals surface area (Å²) < 4.78 is 1.03. The van der Waals surface area contributed by atoms with Crippen molar-refractivity contribution in [2.45, 2.75) is 57.0 Å². The Bertz CT molecular complexity index is 854. The lowest BCUT2D eigenvalue weighted by atomic mass is 9.96. The van der Waals surface area contributed by atoms with E-state index in [1.807, 2.05) is 21.7 Å². The lowest BCUT2D eigenvalue weighted by molar-refractivity contribution is 0.0703. The Morgan fingerprint density at radius 3 is 2.34 bits per heavy atom. The van der Waals surface area contributed by atoms with Crippen LogP contribution in [0.1, 0.15) is 55.4 Å². The van der Waals surface area contributed by atoms with Crippen molar-refractivity contribution in [3.8, 4) is 9.88 Å². The zero-order valence-electron chi connectivity index (χ0n) is 16.2. The summed E-state index contributed by atoms with van der Waals surface area (Å²) in [5, 5.41) is 10.9.